The summed E-state index contributed by atoms with van der Waals surface area (Å²) in [7, 11) is 6.00. The molecule has 0 rings (SSSR count). The molecule has 0 aliphatic rings. The van der Waals surface area contributed by atoms with Gasteiger partial charge in [0.1, 0.15) is 0 Å². The highest BCUT2D eigenvalue weighted by atomic mass is 16.9. The first kappa shape index (κ1) is 15.2. The van der Waals surface area contributed by atoms with E-state index in [1.54, 1.807) is 0 Å². The van der Waals surface area contributed by atoms with Gasteiger partial charge < -0.3 is 15.1 Å². The SMILES string of the molecule is CN(C)C.OCCONOCCO. The van der Waals surface area contributed by atoms with Crippen LogP contribution in [0.4, 0.5) is 0 Å². The minimum absolute atomic E-state index is 0.0600. The first-order chi connectivity index (χ1) is 6.15. The number of nitrogens with one attached hydrogen (secondary N) is 1. The van der Waals surface area contributed by atoms with Gasteiger partial charge in [-0.25, -0.2) is 0 Å². The zero-order chi connectivity index (χ0) is 10.5. The van der Waals surface area contributed by atoms with E-state index in [9.17, 15) is 0 Å². The maximum atomic E-state index is 8.15. The molecular weight excluding hydrogens is 176 g/mol. The Balaban J connectivity index is 0. The normalized spacial score (nSPS) is 9.69. The number of aliphatic hydroxyl groups excluding tert-OH is 2. The summed E-state index contributed by atoms with van der Waals surface area (Å²) in [6, 6.07) is 0. The van der Waals surface area contributed by atoms with Crippen LogP contribution in [0.2, 0.25) is 0 Å². The summed E-state index contributed by atoms with van der Waals surface area (Å²) in [6.07, 6.45) is 0. The average Bonchev–Trinajstić information content (AvgIpc) is 2.03. The van der Waals surface area contributed by atoms with Gasteiger partial charge in [-0.3, -0.25) is 9.68 Å². The first-order valence-electron chi connectivity index (χ1n) is 3.96. The largest absolute Gasteiger partial charge is 0.394 e. The Labute approximate surface area is 79.0 Å². The zero-order valence-electron chi connectivity index (χ0n) is 8.49. The van der Waals surface area contributed by atoms with Crippen molar-refractivity contribution in [3.05, 3.63) is 0 Å². The van der Waals surface area contributed by atoms with Crippen molar-refractivity contribution in [3.63, 3.8) is 0 Å². The second-order valence-electron chi connectivity index (χ2n) is 2.57. The fourth-order valence-corrected chi connectivity index (χ4v) is 0.216. The van der Waals surface area contributed by atoms with Crippen LogP contribution in [0.3, 0.4) is 0 Å². The van der Waals surface area contributed by atoms with E-state index in [0.29, 0.717) is 0 Å². The molecule has 0 heterocycles. The molecule has 0 spiro atoms. The number of hydrogen-bond acceptors (Lipinski definition) is 6. The minimum atomic E-state index is -0.0600. The molecule has 0 unspecified atom stereocenters. The first-order valence-corrected chi connectivity index (χ1v) is 3.96. The lowest BCUT2D eigenvalue weighted by atomic mass is 10.8. The van der Waals surface area contributed by atoms with Gasteiger partial charge in [0, 0.05) is 0 Å². The fourth-order valence-electron chi connectivity index (χ4n) is 0.216. The molecule has 0 aliphatic carbocycles. The topological polar surface area (TPSA) is 74.2 Å². The summed E-state index contributed by atoms with van der Waals surface area (Å²) in [5.74, 6) is 0. The molecule has 0 saturated carbocycles. The third-order valence-electron chi connectivity index (χ3n) is 0.505. The second kappa shape index (κ2) is 14.3. The molecule has 0 aliphatic heterocycles. The average molecular weight is 196 g/mol. The molecule has 6 nitrogen and oxygen atoms in total. The molecule has 0 saturated heterocycles. The van der Waals surface area contributed by atoms with Crippen LogP contribution in [0.5, 0.6) is 0 Å². The third-order valence-corrected chi connectivity index (χ3v) is 0.505. The number of aliphatic hydroxyl groups is 2. The highest BCUT2D eigenvalue weighted by Crippen LogP contribution is 1.67. The summed E-state index contributed by atoms with van der Waals surface area (Å²) < 4.78 is 0. The molecule has 13 heavy (non-hydrogen) atoms. The molecule has 0 aromatic rings. The number of nitrogens with zero attached hydrogens (tertiary/aromatic N) is 1. The van der Waals surface area contributed by atoms with Crippen LogP contribution >= 0.6 is 0 Å². The molecule has 82 valence electrons. The Morgan fingerprint density at radius 3 is 1.54 bits per heavy atom. The fraction of sp³-hybridized carbons (Fsp3) is 1.00. The number of hydrogen-bond donors (Lipinski definition) is 3. The van der Waals surface area contributed by atoms with Gasteiger partial charge in [-0.15, -0.1) is 0 Å². The van der Waals surface area contributed by atoms with E-state index in [2.05, 4.69) is 15.3 Å². The van der Waals surface area contributed by atoms with Gasteiger partial charge in [0.05, 0.1) is 26.4 Å². The predicted molar refractivity (Wildman–Crippen MR) is 48.8 cm³/mol. The molecule has 0 bridgehead atoms. The van der Waals surface area contributed by atoms with E-state index in [-0.39, 0.29) is 26.4 Å². The van der Waals surface area contributed by atoms with E-state index >= 15 is 0 Å². The maximum absolute atomic E-state index is 8.15. The van der Waals surface area contributed by atoms with Crippen molar-refractivity contribution >= 4 is 0 Å². The zero-order valence-corrected chi connectivity index (χ0v) is 8.49. The lowest BCUT2D eigenvalue weighted by molar-refractivity contribution is -0.178. The van der Waals surface area contributed by atoms with Crippen LogP contribution in [0.15, 0.2) is 0 Å². The molecule has 0 fully saturated rings. The molecule has 0 aromatic carbocycles. The van der Waals surface area contributed by atoms with Crippen LogP contribution < -0.4 is 5.64 Å². The van der Waals surface area contributed by atoms with E-state index in [1.807, 2.05) is 26.0 Å². The van der Waals surface area contributed by atoms with Crippen molar-refractivity contribution in [2.24, 2.45) is 0 Å². The van der Waals surface area contributed by atoms with Crippen LogP contribution in [0, 0.1) is 0 Å². The summed E-state index contributed by atoms with van der Waals surface area (Å²) >= 11 is 0. The van der Waals surface area contributed by atoms with Gasteiger partial charge in [-0.1, -0.05) is 5.64 Å². The third kappa shape index (κ3) is 33.8. The Morgan fingerprint density at radius 1 is 1.00 bits per heavy atom. The Hall–Kier alpha value is -0.240. The highest BCUT2D eigenvalue weighted by molar-refractivity contribution is 4.16. The Kier molecular flexibility index (Phi) is 16.8. The lowest BCUT2D eigenvalue weighted by Gasteiger charge is -2.01. The van der Waals surface area contributed by atoms with Crippen molar-refractivity contribution in [2.45, 2.75) is 0 Å². The van der Waals surface area contributed by atoms with Crippen molar-refractivity contribution < 1.29 is 19.9 Å². The van der Waals surface area contributed by atoms with Gasteiger partial charge in [-0.2, -0.15) is 0 Å². The van der Waals surface area contributed by atoms with Gasteiger partial charge in [-0.05, 0) is 21.1 Å². The monoisotopic (exact) mass is 196 g/mol. The maximum Gasteiger partial charge on any atom is 0.0940 e. The molecule has 0 aromatic heterocycles. The summed E-state index contributed by atoms with van der Waals surface area (Å²) in [5.41, 5.74) is 2.07. The standard InChI is InChI=1S/C4H11NO4.C3H9N/c6-1-3-8-5-9-4-2-7;1-4(2)3/h5-7H,1-4H2;1-3H3. The second-order valence-corrected chi connectivity index (χ2v) is 2.57. The predicted octanol–water partition coefficient (Wildman–Crippen LogP) is -1.40. The molecule has 0 radical (unpaired) electrons. The molecule has 0 amide bonds. The van der Waals surface area contributed by atoms with Crippen LogP contribution in [0.1, 0.15) is 0 Å². The van der Waals surface area contributed by atoms with E-state index in [4.69, 9.17) is 10.2 Å². The van der Waals surface area contributed by atoms with Gasteiger partial charge in [0.25, 0.3) is 0 Å². The Morgan fingerprint density at radius 2 is 1.31 bits per heavy atom. The smallest absolute Gasteiger partial charge is 0.0940 e. The highest BCUT2D eigenvalue weighted by Gasteiger charge is 1.83. The van der Waals surface area contributed by atoms with Gasteiger partial charge in [0.15, 0.2) is 0 Å². The molecule has 0 atom stereocenters. The van der Waals surface area contributed by atoms with E-state index in [0.717, 1.165) is 0 Å². The quantitative estimate of drug-likeness (QED) is 0.358. The van der Waals surface area contributed by atoms with Crippen molar-refractivity contribution in [1.29, 1.82) is 0 Å². The summed E-state index contributed by atoms with van der Waals surface area (Å²) in [5, 5.41) is 16.3. The minimum Gasteiger partial charge on any atom is -0.394 e. The van der Waals surface area contributed by atoms with E-state index in [1.165, 1.54) is 0 Å². The molecular formula is C7H20N2O4. The van der Waals surface area contributed by atoms with Crippen molar-refractivity contribution in [2.75, 3.05) is 47.6 Å². The number of rotatable bonds is 6. The van der Waals surface area contributed by atoms with Gasteiger partial charge >= 0.3 is 0 Å². The van der Waals surface area contributed by atoms with Crippen LogP contribution in [-0.2, 0) is 9.68 Å². The summed E-state index contributed by atoms with van der Waals surface area (Å²) in [4.78, 5) is 10.9. The Bertz CT molecular complexity index is 74.1. The van der Waals surface area contributed by atoms with Crippen molar-refractivity contribution in [1.82, 2.24) is 10.5 Å². The molecule has 3 N–H and O–H groups in total. The lowest BCUT2D eigenvalue weighted by Crippen LogP contribution is -2.19. The van der Waals surface area contributed by atoms with E-state index < -0.39 is 0 Å². The molecule has 6 heteroatoms. The van der Waals surface area contributed by atoms with Gasteiger partial charge in [0.2, 0.25) is 0 Å². The summed E-state index contributed by atoms with van der Waals surface area (Å²) in [6.45, 7) is 0.224. The van der Waals surface area contributed by atoms with Crippen LogP contribution in [0.25, 0.3) is 0 Å². The van der Waals surface area contributed by atoms with Crippen LogP contribution in [-0.4, -0.2) is 62.7 Å². The van der Waals surface area contributed by atoms with Crippen molar-refractivity contribution in [3.8, 4) is 0 Å².